The molecule has 1 aromatic rings. The van der Waals surface area contributed by atoms with E-state index in [1.54, 1.807) is 0 Å². The molecular weight excluding hydrogens is 232 g/mol. The predicted octanol–water partition coefficient (Wildman–Crippen LogP) is -0.617. The summed E-state index contributed by atoms with van der Waals surface area (Å²) in [5, 5.41) is 23.3. The SMILES string of the molecule is NC(=S)N/N=C1\C(=N/O)CCc2nonc21. The van der Waals surface area contributed by atoms with Crippen LogP contribution in [0.25, 0.3) is 0 Å². The van der Waals surface area contributed by atoms with E-state index < -0.39 is 0 Å². The Hall–Kier alpha value is -2.03. The highest BCUT2D eigenvalue weighted by Gasteiger charge is 2.27. The van der Waals surface area contributed by atoms with Crippen molar-refractivity contribution in [3.05, 3.63) is 11.4 Å². The molecule has 2 rings (SSSR count). The van der Waals surface area contributed by atoms with E-state index in [1.807, 2.05) is 0 Å². The fraction of sp³-hybridized carbons (Fsp3) is 0.286. The van der Waals surface area contributed by atoms with Crippen molar-refractivity contribution in [2.45, 2.75) is 12.8 Å². The van der Waals surface area contributed by atoms with Crippen molar-refractivity contribution in [2.75, 3.05) is 0 Å². The maximum absolute atomic E-state index is 8.83. The van der Waals surface area contributed by atoms with Crippen molar-refractivity contribution < 1.29 is 9.84 Å². The monoisotopic (exact) mass is 240 g/mol. The molecule has 0 unspecified atom stereocenters. The van der Waals surface area contributed by atoms with Crippen molar-refractivity contribution in [1.82, 2.24) is 15.7 Å². The van der Waals surface area contributed by atoms with E-state index in [0.29, 0.717) is 35.7 Å². The number of hydrogen-bond donors (Lipinski definition) is 3. The predicted molar refractivity (Wildman–Crippen MR) is 58.3 cm³/mol. The molecule has 8 nitrogen and oxygen atoms in total. The number of nitrogens with zero attached hydrogens (tertiary/aromatic N) is 4. The minimum atomic E-state index is 0.00775. The third kappa shape index (κ3) is 1.84. The van der Waals surface area contributed by atoms with Crippen LogP contribution in [0.2, 0.25) is 0 Å². The lowest BCUT2D eigenvalue weighted by molar-refractivity contribution is 0.303. The molecule has 1 aromatic heterocycles. The standard InChI is InChI=1S/C7H8N6O2S/c8-7(16)10-9-5-3(11-14)1-2-4-6(5)13-15-12-4/h14H,1-2H2,(H3,8,10,16)/b9-5+,11-3-. The third-order valence-electron chi connectivity index (χ3n) is 2.05. The van der Waals surface area contributed by atoms with E-state index in [4.69, 9.17) is 10.9 Å². The number of hydrazone groups is 1. The summed E-state index contributed by atoms with van der Waals surface area (Å²) in [6.07, 6.45) is 1.08. The lowest BCUT2D eigenvalue weighted by Gasteiger charge is -2.11. The van der Waals surface area contributed by atoms with Gasteiger partial charge in [0, 0.05) is 12.8 Å². The molecule has 16 heavy (non-hydrogen) atoms. The summed E-state index contributed by atoms with van der Waals surface area (Å²) in [6, 6.07) is 0. The third-order valence-corrected chi connectivity index (χ3v) is 2.14. The van der Waals surface area contributed by atoms with Crippen LogP contribution in [0.15, 0.2) is 14.9 Å². The summed E-state index contributed by atoms with van der Waals surface area (Å²) in [7, 11) is 0. The highest BCUT2D eigenvalue weighted by molar-refractivity contribution is 7.80. The maximum atomic E-state index is 8.83. The second-order valence-corrected chi connectivity index (χ2v) is 3.48. The van der Waals surface area contributed by atoms with E-state index in [1.165, 1.54) is 0 Å². The number of aryl methyl sites for hydroxylation is 1. The van der Waals surface area contributed by atoms with Crippen LogP contribution in [-0.2, 0) is 6.42 Å². The molecule has 0 bridgehead atoms. The van der Waals surface area contributed by atoms with Crippen molar-refractivity contribution in [2.24, 2.45) is 16.0 Å². The average Bonchev–Trinajstić information content (AvgIpc) is 2.73. The van der Waals surface area contributed by atoms with Gasteiger partial charge in [-0.05, 0) is 17.4 Å². The number of rotatable bonds is 1. The number of nitrogens with one attached hydrogen (secondary N) is 1. The molecule has 0 saturated carbocycles. The molecule has 9 heteroatoms. The normalized spacial score (nSPS) is 19.8. The first-order valence-electron chi connectivity index (χ1n) is 4.38. The minimum Gasteiger partial charge on any atom is -0.411 e. The lowest BCUT2D eigenvalue weighted by atomic mass is 9.97. The zero-order valence-electron chi connectivity index (χ0n) is 8.04. The van der Waals surface area contributed by atoms with Gasteiger partial charge in [-0.2, -0.15) is 5.10 Å². The summed E-state index contributed by atoms with van der Waals surface area (Å²) in [4.78, 5) is 0. The Morgan fingerprint density at radius 3 is 3.00 bits per heavy atom. The molecule has 0 atom stereocenters. The Kier molecular flexibility index (Phi) is 2.77. The molecule has 1 aliphatic carbocycles. The van der Waals surface area contributed by atoms with Gasteiger partial charge in [-0.3, -0.25) is 5.43 Å². The molecular formula is C7H8N6O2S. The molecule has 0 aromatic carbocycles. The van der Waals surface area contributed by atoms with Gasteiger partial charge in [-0.15, -0.1) is 0 Å². The van der Waals surface area contributed by atoms with Crippen LogP contribution in [0.5, 0.6) is 0 Å². The summed E-state index contributed by atoms with van der Waals surface area (Å²) in [5.74, 6) is 0. The van der Waals surface area contributed by atoms with E-state index in [-0.39, 0.29) is 5.11 Å². The van der Waals surface area contributed by atoms with Crippen LogP contribution in [0, 0.1) is 0 Å². The Morgan fingerprint density at radius 2 is 2.31 bits per heavy atom. The summed E-state index contributed by atoms with van der Waals surface area (Å²) in [5.41, 5.74) is 9.46. The molecule has 0 amide bonds. The van der Waals surface area contributed by atoms with Gasteiger partial charge in [0.05, 0.1) is 0 Å². The molecule has 1 aliphatic rings. The van der Waals surface area contributed by atoms with Crippen LogP contribution in [0.1, 0.15) is 17.8 Å². The van der Waals surface area contributed by atoms with E-state index >= 15 is 0 Å². The highest BCUT2D eigenvalue weighted by atomic mass is 32.1. The first-order valence-corrected chi connectivity index (χ1v) is 4.79. The fourth-order valence-electron chi connectivity index (χ4n) is 1.37. The van der Waals surface area contributed by atoms with Crippen LogP contribution in [0.3, 0.4) is 0 Å². The Labute approximate surface area is 95.1 Å². The van der Waals surface area contributed by atoms with E-state index in [9.17, 15) is 0 Å². The Bertz CT molecular complexity index is 479. The molecule has 84 valence electrons. The quantitative estimate of drug-likeness (QED) is 0.340. The summed E-state index contributed by atoms with van der Waals surface area (Å²) >= 11 is 4.61. The molecule has 0 fully saturated rings. The number of hydrogen-bond acceptors (Lipinski definition) is 7. The largest absolute Gasteiger partial charge is 0.411 e. The second-order valence-electron chi connectivity index (χ2n) is 3.04. The smallest absolute Gasteiger partial charge is 0.184 e. The molecule has 0 aliphatic heterocycles. The highest BCUT2D eigenvalue weighted by Crippen LogP contribution is 2.16. The number of nitrogens with two attached hydrogens (primary N) is 1. The average molecular weight is 240 g/mol. The molecule has 0 spiro atoms. The number of fused-ring (bicyclic) bond motifs is 1. The lowest BCUT2D eigenvalue weighted by Crippen LogP contribution is -2.30. The van der Waals surface area contributed by atoms with Crippen LogP contribution < -0.4 is 11.2 Å². The van der Waals surface area contributed by atoms with E-state index in [2.05, 4.69) is 42.8 Å². The zero-order chi connectivity index (χ0) is 11.5. The van der Waals surface area contributed by atoms with Crippen molar-refractivity contribution in [3.63, 3.8) is 0 Å². The van der Waals surface area contributed by atoms with Crippen LogP contribution in [-0.4, -0.2) is 32.1 Å². The zero-order valence-corrected chi connectivity index (χ0v) is 8.86. The topological polar surface area (TPSA) is 122 Å². The van der Waals surface area contributed by atoms with Gasteiger partial charge in [0.15, 0.2) is 10.8 Å². The van der Waals surface area contributed by atoms with Crippen LogP contribution in [0.4, 0.5) is 0 Å². The second kappa shape index (κ2) is 4.23. The van der Waals surface area contributed by atoms with Crippen LogP contribution >= 0.6 is 12.2 Å². The Morgan fingerprint density at radius 1 is 1.50 bits per heavy atom. The molecule has 0 radical (unpaired) electrons. The van der Waals surface area contributed by atoms with Gasteiger partial charge in [0.2, 0.25) is 0 Å². The van der Waals surface area contributed by atoms with Gasteiger partial charge in [0.25, 0.3) is 0 Å². The first-order chi connectivity index (χ1) is 7.72. The van der Waals surface area contributed by atoms with E-state index in [0.717, 1.165) is 0 Å². The molecule has 0 saturated heterocycles. The van der Waals surface area contributed by atoms with Crippen molar-refractivity contribution >= 4 is 28.8 Å². The van der Waals surface area contributed by atoms with Gasteiger partial charge in [0.1, 0.15) is 17.1 Å². The number of aromatic nitrogens is 2. The summed E-state index contributed by atoms with van der Waals surface area (Å²) in [6.45, 7) is 0. The fourth-order valence-corrected chi connectivity index (χ4v) is 1.41. The minimum absolute atomic E-state index is 0.00775. The van der Waals surface area contributed by atoms with Crippen molar-refractivity contribution in [1.29, 1.82) is 0 Å². The molecule has 4 N–H and O–H groups in total. The maximum Gasteiger partial charge on any atom is 0.184 e. The Balaban J connectivity index is 2.40. The molecule has 1 heterocycles. The van der Waals surface area contributed by atoms with Gasteiger partial charge < -0.3 is 10.9 Å². The number of thiocarbonyl (C=S) groups is 1. The van der Waals surface area contributed by atoms with Gasteiger partial charge >= 0.3 is 0 Å². The summed E-state index contributed by atoms with van der Waals surface area (Å²) < 4.78 is 4.59. The van der Waals surface area contributed by atoms with Gasteiger partial charge in [-0.25, -0.2) is 4.63 Å². The first kappa shape index (κ1) is 10.5. The van der Waals surface area contributed by atoms with Crippen molar-refractivity contribution in [3.8, 4) is 0 Å². The number of oxime groups is 1. The van der Waals surface area contributed by atoms with Gasteiger partial charge in [-0.1, -0.05) is 10.3 Å².